The van der Waals surface area contributed by atoms with Crippen molar-refractivity contribution in [3.8, 4) is 28.6 Å². The summed E-state index contributed by atoms with van der Waals surface area (Å²) in [4.78, 5) is 24.1. The van der Waals surface area contributed by atoms with Crippen LogP contribution in [-0.2, 0) is 4.79 Å². The molecule has 0 aliphatic heterocycles. The number of aromatic hydroxyl groups is 3. The fourth-order valence-corrected chi connectivity index (χ4v) is 2.40. The van der Waals surface area contributed by atoms with Crippen molar-refractivity contribution in [1.82, 2.24) is 0 Å². The van der Waals surface area contributed by atoms with Gasteiger partial charge in [-0.15, -0.1) is 0 Å². The molecule has 8 nitrogen and oxygen atoms in total. The lowest BCUT2D eigenvalue weighted by atomic mass is 9.93. The van der Waals surface area contributed by atoms with E-state index in [-0.39, 0.29) is 16.7 Å². The van der Waals surface area contributed by atoms with E-state index in [0.717, 1.165) is 25.1 Å². The third kappa shape index (κ3) is 2.12. The second-order valence-corrected chi connectivity index (χ2v) is 5.52. The number of Topliss-reactive ketones (excluding diaryl/α,β-unsaturated/α-hetero) is 1. The zero-order chi connectivity index (χ0) is 17.8. The molecule has 1 aromatic carbocycles. The van der Waals surface area contributed by atoms with Crippen molar-refractivity contribution in [2.75, 3.05) is 0 Å². The van der Waals surface area contributed by atoms with Gasteiger partial charge in [0.15, 0.2) is 23.0 Å². The van der Waals surface area contributed by atoms with Crippen molar-refractivity contribution in [2.45, 2.75) is 12.5 Å². The molecule has 0 saturated carbocycles. The van der Waals surface area contributed by atoms with Crippen LogP contribution in [0.15, 0.2) is 27.4 Å². The summed E-state index contributed by atoms with van der Waals surface area (Å²) in [5, 5.41) is 48.2. The summed E-state index contributed by atoms with van der Waals surface area (Å²) in [6, 6.07) is 3.45. The molecule has 2 aromatic rings. The minimum atomic E-state index is -2.08. The smallest absolute Gasteiger partial charge is 0.238 e. The number of hydrogen-bond donors (Lipinski definition) is 5. The number of benzene rings is 1. The van der Waals surface area contributed by atoms with E-state index in [1.54, 1.807) is 0 Å². The molecule has 0 spiro atoms. The van der Waals surface area contributed by atoms with E-state index in [4.69, 9.17) is 4.42 Å². The van der Waals surface area contributed by atoms with Gasteiger partial charge in [-0.2, -0.15) is 0 Å². The van der Waals surface area contributed by atoms with E-state index in [2.05, 4.69) is 0 Å². The average Bonchev–Trinajstić information content (AvgIpc) is 2.51. The first-order valence-corrected chi connectivity index (χ1v) is 6.75. The highest BCUT2D eigenvalue weighted by molar-refractivity contribution is 6.19. The first-order chi connectivity index (χ1) is 11.1. The third-order valence-corrected chi connectivity index (χ3v) is 3.68. The molecule has 124 valence electrons. The molecule has 3 rings (SSSR count). The van der Waals surface area contributed by atoms with Gasteiger partial charge in [-0.25, -0.2) is 0 Å². The minimum Gasteiger partial charge on any atom is -0.504 e. The van der Waals surface area contributed by atoms with Gasteiger partial charge in [0.25, 0.3) is 0 Å². The Bertz CT molecular complexity index is 1060. The summed E-state index contributed by atoms with van der Waals surface area (Å²) < 4.78 is 5.36. The van der Waals surface area contributed by atoms with Gasteiger partial charge < -0.3 is 29.9 Å². The molecular weight excluding hydrogens is 320 g/mol. The number of fused-ring (bicyclic) bond motifs is 1. The zero-order valence-electron chi connectivity index (χ0n) is 12.3. The zero-order valence-corrected chi connectivity index (χ0v) is 12.3. The molecule has 0 fully saturated rings. The largest absolute Gasteiger partial charge is 0.504 e. The lowest BCUT2D eigenvalue weighted by Crippen LogP contribution is -2.51. The number of aliphatic hydroxyl groups excluding tert-OH is 1. The Morgan fingerprint density at radius 2 is 1.71 bits per heavy atom. The quantitative estimate of drug-likeness (QED) is 0.426. The van der Waals surface area contributed by atoms with Crippen LogP contribution in [0.25, 0.3) is 23.2 Å². The summed E-state index contributed by atoms with van der Waals surface area (Å²) >= 11 is 0. The first-order valence-electron chi connectivity index (χ1n) is 6.75. The van der Waals surface area contributed by atoms with Crippen LogP contribution >= 0.6 is 0 Å². The van der Waals surface area contributed by atoms with E-state index in [1.807, 2.05) is 0 Å². The average molecular weight is 332 g/mol. The van der Waals surface area contributed by atoms with E-state index in [9.17, 15) is 35.1 Å². The Morgan fingerprint density at radius 1 is 1.04 bits per heavy atom. The number of hydrogen-bond acceptors (Lipinski definition) is 8. The number of ketones is 1. The number of rotatable bonds is 1. The maximum Gasteiger partial charge on any atom is 0.238 e. The number of carbonyl (C=O) groups is 1. The van der Waals surface area contributed by atoms with Crippen LogP contribution in [0.4, 0.5) is 0 Å². The van der Waals surface area contributed by atoms with Crippen LogP contribution in [0.2, 0.25) is 0 Å². The Morgan fingerprint density at radius 3 is 2.33 bits per heavy atom. The van der Waals surface area contributed by atoms with Crippen LogP contribution < -0.4 is 16.1 Å². The molecule has 8 heteroatoms. The summed E-state index contributed by atoms with van der Waals surface area (Å²) in [5.41, 5.74) is -3.40. The Balaban J connectivity index is 2.43. The van der Waals surface area contributed by atoms with Crippen molar-refractivity contribution >= 4 is 17.6 Å². The predicted molar refractivity (Wildman–Crippen MR) is 80.8 cm³/mol. The molecular formula is C16H12O8. The van der Waals surface area contributed by atoms with Crippen molar-refractivity contribution in [1.29, 1.82) is 0 Å². The van der Waals surface area contributed by atoms with Crippen LogP contribution in [0.5, 0.6) is 17.2 Å². The summed E-state index contributed by atoms with van der Waals surface area (Å²) in [7, 11) is 0. The molecule has 1 atom stereocenters. The molecule has 1 heterocycles. The lowest BCUT2D eigenvalue weighted by molar-refractivity contribution is -0.126. The van der Waals surface area contributed by atoms with Gasteiger partial charge >= 0.3 is 0 Å². The van der Waals surface area contributed by atoms with E-state index in [1.165, 1.54) is 6.07 Å². The van der Waals surface area contributed by atoms with Crippen LogP contribution in [-0.4, -0.2) is 36.9 Å². The van der Waals surface area contributed by atoms with E-state index in [0.29, 0.717) is 0 Å². The van der Waals surface area contributed by atoms with Crippen molar-refractivity contribution in [2.24, 2.45) is 0 Å². The first kappa shape index (κ1) is 15.6. The van der Waals surface area contributed by atoms with Gasteiger partial charge in [-0.3, -0.25) is 9.59 Å². The number of carbonyl (C=O) groups excluding carboxylic acids is 1. The normalized spacial score (nSPS) is 19.8. The molecule has 0 saturated heterocycles. The Hall–Kier alpha value is -3.26. The number of aliphatic hydroxyl groups is 2. The van der Waals surface area contributed by atoms with Crippen LogP contribution in [0.3, 0.4) is 0 Å². The van der Waals surface area contributed by atoms with Gasteiger partial charge in [0.2, 0.25) is 17.0 Å². The maximum absolute atomic E-state index is 12.3. The molecule has 0 radical (unpaired) electrons. The number of phenolic OH excluding ortho intramolecular Hbond substituents is 2. The highest BCUT2D eigenvalue weighted by Crippen LogP contribution is 2.32. The molecule has 5 N–H and O–H groups in total. The van der Waals surface area contributed by atoms with Crippen molar-refractivity contribution < 1.29 is 34.7 Å². The predicted octanol–water partition coefficient (Wildman–Crippen LogP) is -0.796. The lowest BCUT2D eigenvalue weighted by Gasteiger charge is -2.19. The van der Waals surface area contributed by atoms with Crippen LogP contribution in [0.1, 0.15) is 6.92 Å². The molecule has 1 aliphatic carbocycles. The maximum atomic E-state index is 12.3. The van der Waals surface area contributed by atoms with E-state index < -0.39 is 45.0 Å². The van der Waals surface area contributed by atoms with Gasteiger partial charge in [0.05, 0.1) is 0 Å². The Kier molecular flexibility index (Phi) is 3.17. The standard InChI is InChI=1S/C16H12O8/c1-16(23)5-9-10(12(20)15(16)22)11(19)13(21)14(24-9)6-2-3-7(17)8(18)4-6/h2-5,17-18,20-21,23H,1H3. The van der Waals surface area contributed by atoms with Crippen molar-refractivity contribution in [3.05, 3.63) is 39.1 Å². The SMILES string of the molecule is CC1(O)C=c2oc(-c3ccc(O)c(O)c3)c(O)c(=O)c2=C(O)C1=O. The molecule has 1 unspecified atom stereocenters. The molecule has 1 aromatic heterocycles. The highest BCUT2D eigenvalue weighted by atomic mass is 16.4. The second kappa shape index (κ2) is 4.87. The fraction of sp³-hybridized carbons (Fsp3) is 0.125. The Labute approximate surface area is 133 Å². The summed E-state index contributed by atoms with van der Waals surface area (Å²) in [6.45, 7) is 1.10. The van der Waals surface area contributed by atoms with E-state index >= 15 is 0 Å². The van der Waals surface area contributed by atoms with Crippen LogP contribution in [0, 0.1) is 0 Å². The summed E-state index contributed by atoms with van der Waals surface area (Å²) in [6.07, 6.45) is 0.939. The number of phenols is 2. The molecule has 1 aliphatic rings. The summed E-state index contributed by atoms with van der Waals surface area (Å²) in [5.74, 6) is -4.28. The molecule has 0 bridgehead atoms. The molecule has 24 heavy (non-hydrogen) atoms. The monoisotopic (exact) mass is 332 g/mol. The third-order valence-electron chi connectivity index (χ3n) is 3.68. The van der Waals surface area contributed by atoms with Gasteiger partial charge in [0.1, 0.15) is 16.2 Å². The fourth-order valence-electron chi connectivity index (χ4n) is 2.40. The minimum absolute atomic E-state index is 0.0622. The molecule has 0 amide bonds. The second-order valence-electron chi connectivity index (χ2n) is 5.52. The van der Waals surface area contributed by atoms with Gasteiger partial charge in [0, 0.05) is 5.56 Å². The highest BCUT2D eigenvalue weighted by Gasteiger charge is 2.36. The van der Waals surface area contributed by atoms with Gasteiger partial charge in [-0.1, -0.05) is 0 Å². The van der Waals surface area contributed by atoms with Gasteiger partial charge in [-0.05, 0) is 31.2 Å². The van der Waals surface area contributed by atoms with Crippen molar-refractivity contribution in [3.63, 3.8) is 0 Å². The topological polar surface area (TPSA) is 148 Å².